The Kier molecular flexibility index (Phi) is 8.40. The maximum absolute atomic E-state index is 12.0. The third-order valence-corrected chi connectivity index (χ3v) is 4.06. The van der Waals surface area contributed by atoms with Crippen LogP contribution in [0, 0.1) is 0 Å². The molecular formula is C22H27NO3. The van der Waals surface area contributed by atoms with Gasteiger partial charge in [0, 0.05) is 24.1 Å². The smallest absolute Gasteiger partial charge is 0.224 e. The Morgan fingerprint density at radius 1 is 0.885 bits per heavy atom. The number of unbranched alkanes of at least 4 members (excludes halogenated alkanes) is 2. The Morgan fingerprint density at radius 2 is 1.62 bits per heavy atom. The molecule has 138 valence electrons. The Hall–Kier alpha value is -2.62. The van der Waals surface area contributed by atoms with E-state index in [2.05, 4.69) is 12.2 Å². The fraction of sp³-hybridized carbons (Fsp3) is 0.364. The van der Waals surface area contributed by atoms with Crippen molar-refractivity contribution in [1.29, 1.82) is 0 Å². The van der Waals surface area contributed by atoms with Crippen LogP contribution in [0.1, 0.15) is 55.8 Å². The SMILES string of the molecule is CCCCCOc1ccc(NC(=O)CCCC(=O)c2ccccc2)cc1. The van der Waals surface area contributed by atoms with Crippen molar-refractivity contribution < 1.29 is 14.3 Å². The maximum Gasteiger partial charge on any atom is 0.224 e. The zero-order chi connectivity index (χ0) is 18.6. The van der Waals surface area contributed by atoms with Gasteiger partial charge in [0.15, 0.2) is 5.78 Å². The first kappa shape index (κ1) is 19.7. The summed E-state index contributed by atoms with van der Waals surface area (Å²) in [6, 6.07) is 16.6. The number of ketones is 1. The summed E-state index contributed by atoms with van der Waals surface area (Å²) in [6.07, 6.45) is 4.64. The fourth-order valence-electron chi connectivity index (χ4n) is 2.58. The van der Waals surface area contributed by atoms with E-state index in [0.29, 0.717) is 24.8 Å². The van der Waals surface area contributed by atoms with Gasteiger partial charge in [-0.3, -0.25) is 9.59 Å². The lowest BCUT2D eigenvalue weighted by molar-refractivity contribution is -0.116. The number of nitrogens with one attached hydrogen (secondary N) is 1. The molecule has 0 aliphatic heterocycles. The number of hydrogen-bond donors (Lipinski definition) is 1. The van der Waals surface area contributed by atoms with Crippen LogP contribution in [0.5, 0.6) is 5.75 Å². The molecular weight excluding hydrogens is 326 g/mol. The molecule has 0 spiro atoms. The molecule has 0 saturated heterocycles. The van der Waals surface area contributed by atoms with Crippen LogP contribution in [-0.2, 0) is 4.79 Å². The number of Topliss-reactive ketones (excluding diaryl/α,β-unsaturated/α-hetero) is 1. The van der Waals surface area contributed by atoms with Gasteiger partial charge in [0.25, 0.3) is 0 Å². The molecule has 0 unspecified atom stereocenters. The van der Waals surface area contributed by atoms with Crippen LogP contribution >= 0.6 is 0 Å². The molecule has 26 heavy (non-hydrogen) atoms. The summed E-state index contributed by atoms with van der Waals surface area (Å²) in [7, 11) is 0. The van der Waals surface area contributed by atoms with E-state index in [1.54, 1.807) is 12.1 Å². The second-order valence-electron chi connectivity index (χ2n) is 6.27. The molecule has 0 radical (unpaired) electrons. The number of anilines is 1. The Morgan fingerprint density at radius 3 is 2.31 bits per heavy atom. The van der Waals surface area contributed by atoms with Crippen LogP contribution in [0.3, 0.4) is 0 Å². The summed E-state index contributed by atoms with van der Waals surface area (Å²) in [5.74, 6) is 0.804. The monoisotopic (exact) mass is 353 g/mol. The van der Waals surface area contributed by atoms with E-state index >= 15 is 0 Å². The highest BCUT2D eigenvalue weighted by atomic mass is 16.5. The van der Waals surface area contributed by atoms with Crippen molar-refractivity contribution >= 4 is 17.4 Å². The van der Waals surface area contributed by atoms with E-state index in [9.17, 15) is 9.59 Å². The van der Waals surface area contributed by atoms with E-state index < -0.39 is 0 Å². The third kappa shape index (κ3) is 7.09. The summed E-state index contributed by atoms with van der Waals surface area (Å²) in [5.41, 5.74) is 1.44. The quantitative estimate of drug-likeness (QED) is 0.443. The van der Waals surface area contributed by atoms with Crippen molar-refractivity contribution in [1.82, 2.24) is 0 Å². The fourth-order valence-corrected chi connectivity index (χ4v) is 2.58. The van der Waals surface area contributed by atoms with Crippen LogP contribution in [-0.4, -0.2) is 18.3 Å². The number of rotatable bonds is 11. The van der Waals surface area contributed by atoms with Crippen LogP contribution in [0.4, 0.5) is 5.69 Å². The molecule has 0 aliphatic carbocycles. The van der Waals surface area contributed by atoms with Crippen molar-refractivity contribution in [2.45, 2.75) is 45.4 Å². The molecule has 1 N–H and O–H groups in total. The second kappa shape index (κ2) is 11.1. The Bertz CT molecular complexity index is 680. The predicted octanol–water partition coefficient (Wildman–Crippen LogP) is 5.25. The minimum atomic E-state index is -0.0810. The normalized spacial score (nSPS) is 10.3. The number of amides is 1. The summed E-state index contributed by atoms with van der Waals surface area (Å²) in [6.45, 7) is 2.88. The predicted molar refractivity (Wildman–Crippen MR) is 105 cm³/mol. The Labute approximate surface area is 155 Å². The molecule has 1 amide bonds. The largest absolute Gasteiger partial charge is 0.494 e. The highest BCUT2D eigenvalue weighted by Gasteiger charge is 2.08. The number of ether oxygens (including phenoxy) is 1. The molecule has 2 rings (SSSR count). The molecule has 2 aromatic rings. The van der Waals surface area contributed by atoms with Gasteiger partial charge in [-0.05, 0) is 37.1 Å². The van der Waals surface area contributed by atoms with Crippen LogP contribution in [0.2, 0.25) is 0 Å². The summed E-state index contributed by atoms with van der Waals surface area (Å²) < 4.78 is 5.65. The van der Waals surface area contributed by atoms with Crippen LogP contribution in [0.15, 0.2) is 54.6 Å². The van der Waals surface area contributed by atoms with E-state index in [0.717, 1.165) is 24.5 Å². The zero-order valence-corrected chi connectivity index (χ0v) is 15.4. The standard InChI is InChI=1S/C22H27NO3/c1-2-3-7-17-26-20-15-13-19(14-16-20)23-22(25)12-8-11-21(24)18-9-5-4-6-10-18/h4-6,9-10,13-16H,2-3,7-8,11-12,17H2,1H3,(H,23,25). The molecule has 2 aromatic carbocycles. The number of benzene rings is 2. The van der Waals surface area contributed by atoms with Crippen molar-refractivity contribution in [3.05, 3.63) is 60.2 Å². The molecule has 0 heterocycles. The first-order valence-corrected chi connectivity index (χ1v) is 9.30. The minimum absolute atomic E-state index is 0.0722. The van der Waals surface area contributed by atoms with E-state index in [1.807, 2.05) is 42.5 Å². The first-order valence-electron chi connectivity index (χ1n) is 9.30. The number of hydrogen-bond acceptors (Lipinski definition) is 3. The molecule has 0 aliphatic rings. The zero-order valence-electron chi connectivity index (χ0n) is 15.4. The molecule has 0 atom stereocenters. The number of carbonyl (C=O) groups excluding carboxylic acids is 2. The van der Waals surface area contributed by atoms with Gasteiger partial charge in [0.1, 0.15) is 5.75 Å². The molecule has 0 bridgehead atoms. The number of carbonyl (C=O) groups is 2. The maximum atomic E-state index is 12.0. The molecule has 4 heteroatoms. The van der Waals surface area contributed by atoms with Gasteiger partial charge in [0.05, 0.1) is 6.61 Å². The van der Waals surface area contributed by atoms with E-state index in [-0.39, 0.29) is 11.7 Å². The minimum Gasteiger partial charge on any atom is -0.494 e. The van der Waals surface area contributed by atoms with Gasteiger partial charge in [0.2, 0.25) is 5.91 Å². The first-order chi connectivity index (χ1) is 12.7. The van der Waals surface area contributed by atoms with Crippen LogP contribution in [0.25, 0.3) is 0 Å². The average Bonchev–Trinajstić information content (AvgIpc) is 2.67. The lowest BCUT2D eigenvalue weighted by Gasteiger charge is -2.08. The van der Waals surface area contributed by atoms with Crippen molar-refractivity contribution in [2.24, 2.45) is 0 Å². The van der Waals surface area contributed by atoms with E-state index in [1.165, 1.54) is 12.8 Å². The molecule has 0 fully saturated rings. The Balaban J connectivity index is 1.68. The molecule has 0 saturated carbocycles. The topological polar surface area (TPSA) is 55.4 Å². The van der Waals surface area contributed by atoms with Gasteiger partial charge in [-0.15, -0.1) is 0 Å². The molecule has 4 nitrogen and oxygen atoms in total. The second-order valence-corrected chi connectivity index (χ2v) is 6.27. The van der Waals surface area contributed by atoms with Crippen LogP contribution < -0.4 is 10.1 Å². The van der Waals surface area contributed by atoms with Crippen molar-refractivity contribution in [3.63, 3.8) is 0 Å². The summed E-state index contributed by atoms with van der Waals surface area (Å²) >= 11 is 0. The highest BCUT2D eigenvalue weighted by molar-refractivity contribution is 5.96. The van der Waals surface area contributed by atoms with Gasteiger partial charge in [-0.2, -0.15) is 0 Å². The van der Waals surface area contributed by atoms with E-state index in [4.69, 9.17) is 4.74 Å². The van der Waals surface area contributed by atoms with Crippen molar-refractivity contribution in [2.75, 3.05) is 11.9 Å². The average molecular weight is 353 g/mol. The van der Waals surface area contributed by atoms with Gasteiger partial charge in [-0.25, -0.2) is 0 Å². The third-order valence-electron chi connectivity index (χ3n) is 4.06. The molecule has 0 aromatic heterocycles. The lowest BCUT2D eigenvalue weighted by atomic mass is 10.1. The van der Waals surface area contributed by atoms with Gasteiger partial charge in [-0.1, -0.05) is 50.1 Å². The lowest BCUT2D eigenvalue weighted by Crippen LogP contribution is -2.12. The summed E-state index contributed by atoms with van der Waals surface area (Å²) in [5, 5.41) is 2.85. The van der Waals surface area contributed by atoms with Crippen molar-refractivity contribution in [3.8, 4) is 5.75 Å². The highest BCUT2D eigenvalue weighted by Crippen LogP contribution is 2.17. The van der Waals surface area contributed by atoms with Gasteiger partial charge < -0.3 is 10.1 Å². The summed E-state index contributed by atoms with van der Waals surface area (Å²) in [4.78, 5) is 24.0. The van der Waals surface area contributed by atoms with Gasteiger partial charge >= 0.3 is 0 Å².